The first kappa shape index (κ1) is 7.35. The van der Waals surface area contributed by atoms with Crippen molar-refractivity contribution in [2.45, 2.75) is 20.8 Å². The van der Waals surface area contributed by atoms with Crippen LogP contribution in [0.2, 0.25) is 0 Å². The van der Waals surface area contributed by atoms with Crippen LogP contribution in [-0.4, -0.2) is 9.38 Å². The largest absolute Gasteiger partial charge is 0.318 e. The highest BCUT2D eigenvalue weighted by Gasteiger charge is 2.01. The van der Waals surface area contributed by atoms with Crippen molar-refractivity contribution in [1.82, 2.24) is 9.38 Å². The maximum Gasteiger partial charge on any atom is 0.0666 e. The van der Waals surface area contributed by atoms with E-state index in [9.17, 15) is 0 Å². The number of nitrogens with zero attached hydrogens (tertiary/aromatic N) is 2. The van der Waals surface area contributed by atoms with Gasteiger partial charge >= 0.3 is 0 Å². The van der Waals surface area contributed by atoms with Crippen LogP contribution in [0.3, 0.4) is 0 Å². The summed E-state index contributed by atoms with van der Waals surface area (Å²) in [5.41, 5.74) is 4.64. The van der Waals surface area contributed by atoms with Crippen molar-refractivity contribution in [2.24, 2.45) is 0 Å². The van der Waals surface area contributed by atoms with E-state index in [4.69, 9.17) is 0 Å². The molecule has 0 radical (unpaired) electrons. The van der Waals surface area contributed by atoms with Gasteiger partial charge in [-0.3, -0.25) is 4.98 Å². The van der Waals surface area contributed by atoms with E-state index in [1.54, 1.807) is 0 Å². The van der Waals surface area contributed by atoms with Gasteiger partial charge in [-0.1, -0.05) is 0 Å². The van der Waals surface area contributed by atoms with Gasteiger partial charge in [0, 0.05) is 11.9 Å². The monoisotopic (exact) mass is 160 g/mol. The molecule has 0 aliphatic rings. The smallest absolute Gasteiger partial charge is 0.0666 e. The van der Waals surface area contributed by atoms with Crippen LogP contribution in [0.25, 0.3) is 5.52 Å². The molecule has 0 atom stereocenters. The molecule has 0 bridgehead atoms. The third-order valence-corrected chi connectivity index (χ3v) is 2.15. The minimum atomic E-state index is 1.07. The molecule has 0 unspecified atom stereocenters. The van der Waals surface area contributed by atoms with E-state index >= 15 is 0 Å². The zero-order valence-electron chi connectivity index (χ0n) is 7.63. The molecule has 2 nitrogen and oxygen atoms in total. The summed E-state index contributed by atoms with van der Waals surface area (Å²) < 4.78 is 2.18. The van der Waals surface area contributed by atoms with Gasteiger partial charge in [-0.15, -0.1) is 0 Å². The van der Waals surface area contributed by atoms with E-state index in [0.29, 0.717) is 0 Å². The molecular formula is C10H12N2. The second-order valence-corrected chi connectivity index (χ2v) is 3.20. The number of rotatable bonds is 0. The van der Waals surface area contributed by atoms with Crippen LogP contribution in [0.5, 0.6) is 0 Å². The molecule has 12 heavy (non-hydrogen) atoms. The van der Waals surface area contributed by atoms with Crippen molar-refractivity contribution < 1.29 is 0 Å². The second kappa shape index (κ2) is 2.34. The van der Waals surface area contributed by atoms with E-state index in [-0.39, 0.29) is 0 Å². The molecule has 0 aliphatic heterocycles. The predicted octanol–water partition coefficient (Wildman–Crippen LogP) is 2.26. The van der Waals surface area contributed by atoms with Gasteiger partial charge in [-0.2, -0.15) is 0 Å². The van der Waals surface area contributed by atoms with Gasteiger partial charge < -0.3 is 4.40 Å². The quantitative estimate of drug-likeness (QED) is 0.577. The highest BCUT2D eigenvalue weighted by atomic mass is 14.9. The Balaban J connectivity index is 2.92. The molecule has 2 rings (SSSR count). The van der Waals surface area contributed by atoms with Crippen molar-refractivity contribution in [3.63, 3.8) is 0 Å². The van der Waals surface area contributed by atoms with E-state index in [1.807, 2.05) is 13.8 Å². The lowest BCUT2D eigenvalue weighted by molar-refractivity contribution is 1.01. The average Bonchev–Trinajstić information content (AvgIpc) is 2.33. The molecule has 2 aromatic heterocycles. The fourth-order valence-corrected chi connectivity index (χ4v) is 1.55. The highest BCUT2D eigenvalue weighted by Crippen LogP contribution is 2.12. The summed E-state index contributed by atoms with van der Waals surface area (Å²) in [6.07, 6.45) is 2.07. The molecule has 0 spiro atoms. The van der Waals surface area contributed by atoms with Crippen LogP contribution in [0.15, 0.2) is 18.3 Å². The van der Waals surface area contributed by atoms with Gasteiger partial charge in [0.05, 0.1) is 16.9 Å². The summed E-state index contributed by atoms with van der Waals surface area (Å²) in [7, 11) is 0. The molecule has 0 aromatic carbocycles. The molecule has 0 saturated carbocycles. The molecular weight excluding hydrogens is 148 g/mol. The maximum absolute atomic E-state index is 4.39. The third-order valence-electron chi connectivity index (χ3n) is 2.15. The normalized spacial score (nSPS) is 10.9. The van der Waals surface area contributed by atoms with Crippen molar-refractivity contribution in [3.05, 3.63) is 35.4 Å². The molecule has 0 fully saturated rings. The Morgan fingerprint density at radius 2 is 1.92 bits per heavy atom. The fourth-order valence-electron chi connectivity index (χ4n) is 1.55. The summed E-state index contributed by atoms with van der Waals surface area (Å²) in [4.78, 5) is 4.39. The van der Waals surface area contributed by atoms with Crippen LogP contribution in [0, 0.1) is 20.8 Å². The van der Waals surface area contributed by atoms with E-state index in [1.165, 1.54) is 11.2 Å². The number of aryl methyl sites for hydroxylation is 3. The Labute approximate surface area is 71.9 Å². The number of hydrogen-bond acceptors (Lipinski definition) is 1. The topological polar surface area (TPSA) is 17.3 Å². The van der Waals surface area contributed by atoms with Crippen molar-refractivity contribution in [2.75, 3.05) is 0 Å². The zero-order valence-corrected chi connectivity index (χ0v) is 7.63. The number of aromatic nitrogens is 2. The Kier molecular flexibility index (Phi) is 1.43. The summed E-state index contributed by atoms with van der Waals surface area (Å²) in [6, 6.07) is 4.22. The third kappa shape index (κ3) is 0.916. The van der Waals surface area contributed by atoms with Crippen LogP contribution >= 0.6 is 0 Å². The minimum Gasteiger partial charge on any atom is -0.318 e. The Morgan fingerprint density at radius 3 is 2.67 bits per heavy atom. The SMILES string of the molecule is Cc1cn2c(C)ccc2c(C)n1. The molecule has 0 saturated heterocycles. The molecule has 0 N–H and O–H groups in total. The average molecular weight is 160 g/mol. The molecule has 62 valence electrons. The summed E-state index contributed by atoms with van der Waals surface area (Å²) in [5.74, 6) is 0. The fraction of sp³-hybridized carbons (Fsp3) is 0.300. The maximum atomic E-state index is 4.39. The van der Waals surface area contributed by atoms with Gasteiger partial charge in [0.2, 0.25) is 0 Å². The zero-order chi connectivity index (χ0) is 8.72. The first-order valence-corrected chi connectivity index (χ1v) is 4.10. The van der Waals surface area contributed by atoms with Crippen LogP contribution in [0.1, 0.15) is 17.1 Å². The first-order chi connectivity index (χ1) is 5.68. The van der Waals surface area contributed by atoms with Crippen molar-refractivity contribution >= 4 is 5.52 Å². The summed E-state index contributed by atoms with van der Waals surface area (Å²) >= 11 is 0. The van der Waals surface area contributed by atoms with Crippen LogP contribution in [-0.2, 0) is 0 Å². The molecule has 2 aromatic rings. The van der Waals surface area contributed by atoms with Crippen LogP contribution < -0.4 is 0 Å². The lowest BCUT2D eigenvalue weighted by Gasteiger charge is -2.02. The summed E-state index contributed by atoms with van der Waals surface area (Å²) in [6.45, 7) is 6.17. The van der Waals surface area contributed by atoms with E-state index in [2.05, 4.69) is 34.6 Å². The van der Waals surface area contributed by atoms with Gasteiger partial charge in [0.15, 0.2) is 0 Å². The Bertz CT molecular complexity index is 427. The highest BCUT2D eigenvalue weighted by molar-refractivity contribution is 5.53. The van der Waals surface area contributed by atoms with Crippen molar-refractivity contribution in [3.8, 4) is 0 Å². The number of hydrogen-bond donors (Lipinski definition) is 0. The lowest BCUT2D eigenvalue weighted by atomic mass is 10.3. The standard InChI is InChI=1S/C10H12N2/c1-7-6-12-8(2)4-5-10(12)9(3)11-7/h4-6H,1-3H3. The Morgan fingerprint density at radius 1 is 1.17 bits per heavy atom. The second-order valence-electron chi connectivity index (χ2n) is 3.20. The van der Waals surface area contributed by atoms with Gasteiger partial charge in [-0.05, 0) is 32.9 Å². The first-order valence-electron chi connectivity index (χ1n) is 4.10. The van der Waals surface area contributed by atoms with Crippen molar-refractivity contribution in [1.29, 1.82) is 0 Å². The minimum absolute atomic E-state index is 1.07. The van der Waals surface area contributed by atoms with Gasteiger partial charge in [-0.25, -0.2) is 0 Å². The number of fused-ring (bicyclic) bond motifs is 1. The van der Waals surface area contributed by atoms with Gasteiger partial charge in [0.25, 0.3) is 0 Å². The van der Waals surface area contributed by atoms with Gasteiger partial charge in [0.1, 0.15) is 0 Å². The van der Waals surface area contributed by atoms with E-state index < -0.39 is 0 Å². The molecule has 2 heterocycles. The Hall–Kier alpha value is -1.31. The predicted molar refractivity (Wildman–Crippen MR) is 49.4 cm³/mol. The van der Waals surface area contributed by atoms with Crippen LogP contribution in [0.4, 0.5) is 0 Å². The molecule has 0 amide bonds. The summed E-state index contributed by atoms with van der Waals surface area (Å²) in [5, 5.41) is 0. The molecule has 0 aliphatic carbocycles. The van der Waals surface area contributed by atoms with E-state index in [0.717, 1.165) is 11.4 Å². The lowest BCUT2D eigenvalue weighted by Crippen LogP contribution is -1.94. The molecule has 2 heteroatoms.